The van der Waals surface area contributed by atoms with Gasteiger partial charge in [-0.05, 0) is 54.6 Å². The van der Waals surface area contributed by atoms with E-state index in [-0.39, 0.29) is 60.1 Å². The van der Waals surface area contributed by atoms with Crippen LogP contribution >= 0.6 is 46.4 Å². The van der Waals surface area contributed by atoms with Crippen LogP contribution in [0.3, 0.4) is 0 Å². The molecular formula is C38H22Cl4N8O4. The fraction of sp³-hybridized carbons (Fsp3) is 0. The molecule has 4 aromatic carbocycles. The summed E-state index contributed by atoms with van der Waals surface area (Å²) in [6, 6.07) is 28.8. The first-order chi connectivity index (χ1) is 26.1. The summed E-state index contributed by atoms with van der Waals surface area (Å²) < 4.78 is 4.36. The number of phenolic OH excluding ortho intramolecular Hbond substituents is 2. The zero-order valence-corrected chi connectivity index (χ0v) is 30.3. The summed E-state index contributed by atoms with van der Waals surface area (Å²) in [5, 5.41) is 38.2. The summed E-state index contributed by atoms with van der Waals surface area (Å²) in [6.07, 6.45) is 3.07. The molecule has 0 aliphatic rings. The van der Waals surface area contributed by atoms with E-state index in [2.05, 4.69) is 25.6 Å². The van der Waals surface area contributed by atoms with Gasteiger partial charge in [0.25, 0.3) is 0 Å². The van der Waals surface area contributed by atoms with Gasteiger partial charge in [0, 0.05) is 11.1 Å². The van der Waals surface area contributed by atoms with Crippen molar-refractivity contribution in [3.8, 4) is 51.1 Å². The molecule has 12 nitrogen and oxygen atoms in total. The van der Waals surface area contributed by atoms with Crippen LogP contribution in [0.1, 0.15) is 32.1 Å². The molecule has 4 heterocycles. The van der Waals surface area contributed by atoms with Gasteiger partial charge in [-0.3, -0.25) is 14.2 Å². The van der Waals surface area contributed by atoms with Crippen LogP contribution < -0.4 is 0 Å². The number of para-hydroxylation sites is 2. The van der Waals surface area contributed by atoms with Crippen LogP contribution in [-0.4, -0.2) is 61.3 Å². The molecule has 16 heteroatoms. The average molecular weight is 796 g/mol. The number of hydrogen-bond acceptors (Lipinski definition) is 8. The van der Waals surface area contributed by atoms with Crippen LogP contribution in [0.5, 0.6) is 11.5 Å². The minimum absolute atomic E-state index is 0.0448. The van der Waals surface area contributed by atoms with Gasteiger partial charge in [0.1, 0.15) is 32.5 Å². The van der Waals surface area contributed by atoms with Crippen molar-refractivity contribution >= 4 is 58.0 Å². The van der Waals surface area contributed by atoms with Crippen molar-refractivity contribution in [1.82, 2.24) is 39.5 Å². The molecule has 8 rings (SSSR count). The molecule has 54 heavy (non-hydrogen) atoms. The van der Waals surface area contributed by atoms with Gasteiger partial charge in [-0.15, -0.1) is 10.2 Å². The minimum Gasteiger partial charge on any atom is -0.507 e. The smallest absolute Gasteiger partial charge is 0.215 e. The third-order valence-corrected chi connectivity index (χ3v) is 10.1. The van der Waals surface area contributed by atoms with Crippen LogP contribution in [0.4, 0.5) is 0 Å². The summed E-state index contributed by atoms with van der Waals surface area (Å²) in [5.74, 6) is -2.16. The lowest BCUT2D eigenvalue weighted by Gasteiger charge is -2.14. The van der Waals surface area contributed by atoms with Gasteiger partial charge in [0.2, 0.25) is 11.6 Å². The van der Waals surface area contributed by atoms with E-state index in [4.69, 9.17) is 46.4 Å². The Morgan fingerprint density at radius 1 is 0.630 bits per heavy atom. The predicted molar refractivity (Wildman–Crippen MR) is 204 cm³/mol. The molecule has 0 amide bonds. The van der Waals surface area contributed by atoms with E-state index in [0.29, 0.717) is 22.5 Å². The van der Waals surface area contributed by atoms with Crippen LogP contribution in [-0.2, 0) is 0 Å². The van der Waals surface area contributed by atoms with E-state index in [0.717, 1.165) is 11.4 Å². The molecule has 0 spiro atoms. The molecule has 0 bridgehead atoms. The monoisotopic (exact) mass is 794 g/mol. The molecule has 8 aromatic rings. The highest BCUT2D eigenvalue weighted by Crippen LogP contribution is 2.41. The number of carbonyl (C=O) groups is 2. The second kappa shape index (κ2) is 14.0. The lowest BCUT2D eigenvalue weighted by molar-refractivity contribution is 0.101. The number of hydrogen-bond donors (Lipinski definition) is 3. The molecule has 0 unspecified atom stereocenters. The molecule has 0 aliphatic carbocycles. The van der Waals surface area contributed by atoms with Gasteiger partial charge < -0.3 is 15.2 Å². The summed E-state index contributed by atoms with van der Waals surface area (Å²) in [6.45, 7) is 0. The summed E-state index contributed by atoms with van der Waals surface area (Å²) in [7, 11) is 0. The van der Waals surface area contributed by atoms with E-state index in [1.165, 1.54) is 47.3 Å². The average Bonchev–Trinajstić information content (AvgIpc) is 3.99. The van der Waals surface area contributed by atoms with Gasteiger partial charge in [-0.2, -0.15) is 0 Å². The SMILES string of the molecule is O=C(c1ccc(-c2cnnn2-c2ccccc2)cc1O)c1[nH]c(Cl)c(Cl)c1-n1c(C(=O)c2ccc(-c3cnnn3-c3ccccc3)cc2O)cc(Cl)c1Cl. The van der Waals surface area contributed by atoms with Crippen molar-refractivity contribution in [3.05, 3.63) is 158 Å². The standard InChI is InChI=1S/C38H22Cl4N8O4/c39-26-17-27(35(53)24-13-11-20(15-30(24)51)28-18-43-46-49(28)22-7-3-1-4-8-22)48(38(26)42)34-32(40)37(41)45-33(34)36(54)25-14-12-21(16-31(25)52)29-19-44-47-50(29)23-9-5-2-6-10-23/h1-19,45,51-52H. The Morgan fingerprint density at radius 3 is 1.63 bits per heavy atom. The number of rotatable bonds is 9. The van der Waals surface area contributed by atoms with Crippen molar-refractivity contribution in [3.63, 3.8) is 0 Å². The Hall–Kier alpha value is -6.18. The second-order valence-corrected chi connectivity index (χ2v) is 13.4. The Labute approximate surface area is 325 Å². The maximum Gasteiger partial charge on any atom is 0.215 e. The van der Waals surface area contributed by atoms with Crippen LogP contribution in [0.15, 0.2) is 116 Å². The number of aromatic nitrogens is 8. The third-order valence-electron chi connectivity index (χ3n) is 8.63. The Balaban J connectivity index is 1.16. The Bertz CT molecular complexity index is 2550. The quantitative estimate of drug-likeness (QED) is 0.122. The maximum atomic E-state index is 14.2. The topological polar surface area (TPSA) is 157 Å². The van der Waals surface area contributed by atoms with Gasteiger partial charge >= 0.3 is 0 Å². The first kappa shape index (κ1) is 34.9. The second-order valence-electron chi connectivity index (χ2n) is 11.8. The van der Waals surface area contributed by atoms with Gasteiger partial charge in [-0.25, -0.2) is 9.36 Å². The normalized spacial score (nSPS) is 11.3. The number of carbonyl (C=O) groups excluding carboxylic acids is 2. The number of H-pyrrole nitrogens is 1. The molecule has 0 saturated heterocycles. The number of halogens is 4. The predicted octanol–water partition coefficient (Wildman–Crippen LogP) is 8.79. The largest absolute Gasteiger partial charge is 0.507 e. The third kappa shape index (κ3) is 6.00. The van der Waals surface area contributed by atoms with E-state index in [1.807, 2.05) is 60.7 Å². The Morgan fingerprint density at radius 2 is 1.13 bits per heavy atom. The molecule has 4 aromatic heterocycles. The number of nitrogens with one attached hydrogen (secondary N) is 1. The van der Waals surface area contributed by atoms with Crippen LogP contribution in [0, 0.1) is 0 Å². The van der Waals surface area contributed by atoms with Gasteiger partial charge in [0.15, 0.2) is 0 Å². The lowest BCUT2D eigenvalue weighted by Crippen LogP contribution is -2.13. The first-order valence-corrected chi connectivity index (χ1v) is 17.5. The van der Waals surface area contributed by atoms with Gasteiger partial charge in [0.05, 0.1) is 62.7 Å². The lowest BCUT2D eigenvalue weighted by atomic mass is 10.0. The minimum atomic E-state index is -0.729. The molecule has 0 aliphatic heterocycles. The summed E-state index contributed by atoms with van der Waals surface area (Å²) in [5.41, 5.74) is 3.02. The molecule has 266 valence electrons. The fourth-order valence-electron chi connectivity index (χ4n) is 6.08. The number of phenols is 2. The number of benzene rings is 4. The first-order valence-electron chi connectivity index (χ1n) is 15.9. The number of ketones is 2. The van der Waals surface area contributed by atoms with Crippen molar-refractivity contribution in [2.75, 3.05) is 0 Å². The molecule has 0 radical (unpaired) electrons. The number of aromatic amines is 1. The van der Waals surface area contributed by atoms with Crippen molar-refractivity contribution < 1.29 is 19.8 Å². The Kier molecular flexibility index (Phi) is 9.04. The molecule has 0 atom stereocenters. The van der Waals surface area contributed by atoms with E-state index in [1.54, 1.807) is 21.5 Å². The van der Waals surface area contributed by atoms with E-state index in [9.17, 15) is 19.8 Å². The number of aromatic hydroxyl groups is 2. The van der Waals surface area contributed by atoms with Crippen LogP contribution in [0.25, 0.3) is 39.6 Å². The van der Waals surface area contributed by atoms with E-state index >= 15 is 0 Å². The summed E-state index contributed by atoms with van der Waals surface area (Å²) in [4.78, 5) is 31.1. The molecule has 3 N–H and O–H groups in total. The fourth-order valence-corrected chi connectivity index (χ4v) is 6.90. The summed E-state index contributed by atoms with van der Waals surface area (Å²) >= 11 is 26.3. The highest BCUT2D eigenvalue weighted by molar-refractivity contribution is 6.45. The zero-order chi connectivity index (χ0) is 37.7. The van der Waals surface area contributed by atoms with Gasteiger partial charge in [-0.1, -0.05) is 105 Å². The highest BCUT2D eigenvalue weighted by Gasteiger charge is 2.31. The van der Waals surface area contributed by atoms with Crippen molar-refractivity contribution in [1.29, 1.82) is 0 Å². The van der Waals surface area contributed by atoms with E-state index < -0.39 is 11.6 Å². The van der Waals surface area contributed by atoms with Crippen molar-refractivity contribution in [2.45, 2.75) is 0 Å². The highest BCUT2D eigenvalue weighted by atomic mass is 35.5. The maximum absolute atomic E-state index is 14.2. The van der Waals surface area contributed by atoms with Crippen molar-refractivity contribution in [2.24, 2.45) is 0 Å². The van der Waals surface area contributed by atoms with Crippen LogP contribution in [0.2, 0.25) is 20.4 Å². The molecule has 0 saturated carbocycles. The molecular weight excluding hydrogens is 774 g/mol. The zero-order valence-electron chi connectivity index (χ0n) is 27.3. The molecule has 0 fully saturated rings. The number of nitrogens with zero attached hydrogens (tertiary/aromatic N) is 7.